The molecule has 0 saturated heterocycles. The van der Waals surface area contributed by atoms with Gasteiger partial charge in [0.15, 0.2) is 0 Å². The molecule has 0 unspecified atom stereocenters. The Morgan fingerprint density at radius 1 is 1.53 bits per heavy atom. The van der Waals surface area contributed by atoms with Crippen molar-refractivity contribution in [2.24, 2.45) is 0 Å². The van der Waals surface area contributed by atoms with Gasteiger partial charge in [-0.05, 0) is 27.7 Å². The molecule has 0 aliphatic heterocycles. The van der Waals surface area contributed by atoms with E-state index in [-0.39, 0.29) is 5.56 Å². The normalized spacial score (nSPS) is 11.4. The fourth-order valence-electron chi connectivity index (χ4n) is 1.75. The van der Waals surface area contributed by atoms with Gasteiger partial charge in [0, 0.05) is 24.3 Å². The number of hydrogen-bond acceptors (Lipinski definition) is 5. The van der Waals surface area contributed by atoms with Crippen LogP contribution >= 0.6 is 11.3 Å². The van der Waals surface area contributed by atoms with Crippen LogP contribution in [0.25, 0.3) is 4.96 Å². The summed E-state index contributed by atoms with van der Waals surface area (Å²) in [6.45, 7) is 8.98. The first-order valence-electron chi connectivity index (χ1n) is 5.67. The molecule has 6 heteroatoms. The van der Waals surface area contributed by atoms with Gasteiger partial charge < -0.3 is 4.90 Å². The second kappa shape index (κ2) is 4.44. The Balaban J connectivity index is 2.58. The third kappa shape index (κ3) is 2.17. The van der Waals surface area contributed by atoms with Crippen molar-refractivity contribution in [1.29, 1.82) is 0 Å². The molecule has 0 atom stereocenters. The van der Waals surface area contributed by atoms with Gasteiger partial charge in [-0.1, -0.05) is 11.3 Å². The molecule has 0 aromatic carbocycles. The number of aryl methyl sites for hydroxylation is 1. The predicted octanol–water partition coefficient (Wildman–Crippen LogP) is 1.69. The second-order valence-electron chi connectivity index (χ2n) is 4.19. The zero-order valence-electron chi connectivity index (χ0n) is 10.5. The molecule has 92 valence electrons. The molecule has 17 heavy (non-hydrogen) atoms. The molecule has 2 aromatic heterocycles. The van der Waals surface area contributed by atoms with Crippen LogP contribution in [0.4, 0.5) is 5.13 Å². The SMILES string of the molecule is CCN(c1nn2c(=O)cc(C)nc2s1)C(C)C. The summed E-state index contributed by atoms with van der Waals surface area (Å²) in [5.74, 6) is 0. The maximum Gasteiger partial charge on any atom is 0.275 e. The van der Waals surface area contributed by atoms with Crippen LogP contribution in [0.1, 0.15) is 26.5 Å². The van der Waals surface area contributed by atoms with Crippen LogP contribution in [0.2, 0.25) is 0 Å². The first-order chi connectivity index (χ1) is 8.02. The summed E-state index contributed by atoms with van der Waals surface area (Å²) in [5, 5.41) is 5.18. The number of rotatable bonds is 3. The first-order valence-corrected chi connectivity index (χ1v) is 6.48. The molecule has 2 heterocycles. The molecule has 0 spiro atoms. The Labute approximate surface area is 104 Å². The molecule has 0 saturated carbocycles. The summed E-state index contributed by atoms with van der Waals surface area (Å²) >= 11 is 1.45. The molecule has 0 aliphatic rings. The van der Waals surface area contributed by atoms with Gasteiger partial charge in [0.2, 0.25) is 10.1 Å². The first kappa shape index (κ1) is 12.0. The van der Waals surface area contributed by atoms with E-state index in [0.29, 0.717) is 11.0 Å². The monoisotopic (exact) mass is 252 g/mol. The fraction of sp³-hybridized carbons (Fsp3) is 0.545. The van der Waals surface area contributed by atoms with Gasteiger partial charge in [-0.25, -0.2) is 4.98 Å². The van der Waals surface area contributed by atoms with Gasteiger partial charge in [-0.3, -0.25) is 4.79 Å². The molecule has 2 rings (SSSR count). The van der Waals surface area contributed by atoms with E-state index < -0.39 is 0 Å². The van der Waals surface area contributed by atoms with Crippen LogP contribution in [-0.2, 0) is 0 Å². The van der Waals surface area contributed by atoms with Crippen molar-refractivity contribution in [3.8, 4) is 0 Å². The highest BCUT2D eigenvalue weighted by Gasteiger charge is 2.15. The van der Waals surface area contributed by atoms with E-state index in [9.17, 15) is 4.79 Å². The third-order valence-corrected chi connectivity index (χ3v) is 3.52. The van der Waals surface area contributed by atoms with Gasteiger partial charge in [-0.15, -0.1) is 5.10 Å². The molecule has 5 nitrogen and oxygen atoms in total. The van der Waals surface area contributed by atoms with Crippen molar-refractivity contribution in [2.75, 3.05) is 11.4 Å². The average molecular weight is 252 g/mol. The minimum atomic E-state index is -0.116. The van der Waals surface area contributed by atoms with Crippen molar-refractivity contribution >= 4 is 21.4 Å². The van der Waals surface area contributed by atoms with Crippen molar-refractivity contribution in [2.45, 2.75) is 33.7 Å². The van der Waals surface area contributed by atoms with Crippen molar-refractivity contribution in [3.05, 3.63) is 22.1 Å². The molecule has 0 radical (unpaired) electrons. The number of fused-ring (bicyclic) bond motifs is 1. The van der Waals surface area contributed by atoms with Crippen LogP contribution in [-0.4, -0.2) is 27.2 Å². The Kier molecular flexibility index (Phi) is 3.15. The van der Waals surface area contributed by atoms with Crippen LogP contribution < -0.4 is 10.5 Å². The lowest BCUT2D eigenvalue weighted by atomic mass is 10.3. The molecule has 0 fully saturated rings. The minimum Gasteiger partial charge on any atom is -0.345 e. The van der Waals surface area contributed by atoms with E-state index >= 15 is 0 Å². The fourth-order valence-corrected chi connectivity index (χ4v) is 2.90. The third-order valence-electron chi connectivity index (χ3n) is 2.57. The summed E-state index contributed by atoms with van der Waals surface area (Å²) in [5.41, 5.74) is 0.618. The molecule has 2 aromatic rings. The van der Waals surface area contributed by atoms with E-state index in [1.165, 1.54) is 21.9 Å². The van der Waals surface area contributed by atoms with Crippen molar-refractivity contribution in [1.82, 2.24) is 14.6 Å². The van der Waals surface area contributed by atoms with E-state index in [1.807, 2.05) is 6.92 Å². The lowest BCUT2D eigenvalue weighted by Crippen LogP contribution is -2.30. The molecular weight excluding hydrogens is 236 g/mol. The van der Waals surface area contributed by atoms with Crippen LogP contribution in [0.5, 0.6) is 0 Å². The summed E-state index contributed by atoms with van der Waals surface area (Å²) < 4.78 is 1.37. The highest BCUT2D eigenvalue weighted by molar-refractivity contribution is 7.20. The molecule has 0 amide bonds. The minimum absolute atomic E-state index is 0.116. The largest absolute Gasteiger partial charge is 0.345 e. The topological polar surface area (TPSA) is 50.5 Å². The Hall–Kier alpha value is -1.43. The standard InChI is InChI=1S/C11H16N4OS/c1-5-14(7(2)3)11-13-15-9(16)6-8(4)12-10(15)17-11/h6-7H,5H2,1-4H3. The quantitative estimate of drug-likeness (QED) is 0.834. The van der Waals surface area contributed by atoms with E-state index in [2.05, 4.69) is 35.8 Å². The van der Waals surface area contributed by atoms with Crippen LogP contribution in [0, 0.1) is 6.92 Å². The van der Waals surface area contributed by atoms with Gasteiger partial charge in [-0.2, -0.15) is 4.52 Å². The van der Waals surface area contributed by atoms with Crippen molar-refractivity contribution in [3.63, 3.8) is 0 Å². The summed E-state index contributed by atoms with van der Waals surface area (Å²) in [7, 11) is 0. The average Bonchev–Trinajstić information content (AvgIpc) is 2.61. The van der Waals surface area contributed by atoms with E-state index in [4.69, 9.17) is 0 Å². The lowest BCUT2D eigenvalue weighted by molar-refractivity contribution is 0.691. The van der Waals surface area contributed by atoms with Gasteiger partial charge in [0.05, 0.1) is 0 Å². The summed E-state index contributed by atoms with van der Waals surface area (Å²) in [6, 6.07) is 1.86. The number of anilines is 1. The number of aromatic nitrogens is 3. The smallest absolute Gasteiger partial charge is 0.275 e. The predicted molar refractivity (Wildman–Crippen MR) is 70.0 cm³/mol. The van der Waals surface area contributed by atoms with E-state index in [0.717, 1.165) is 17.4 Å². The Bertz CT molecular complexity index is 587. The number of hydrogen-bond donors (Lipinski definition) is 0. The Morgan fingerprint density at radius 3 is 2.82 bits per heavy atom. The zero-order valence-corrected chi connectivity index (χ0v) is 11.3. The lowest BCUT2D eigenvalue weighted by Gasteiger charge is -2.23. The van der Waals surface area contributed by atoms with Gasteiger partial charge >= 0.3 is 0 Å². The zero-order chi connectivity index (χ0) is 12.6. The number of nitrogens with zero attached hydrogens (tertiary/aromatic N) is 4. The molecule has 0 bridgehead atoms. The maximum atomic E-state index is 11.7. The molecule has 0 aliphatic carbocycles. The van der Waals surface area contributed by atoms with Crippen LogP contribution in [0.3, 0.4) is 0 Å². The molecular formula is C11H16N4OS. The Morgan fingerprint density at radius 2 is 2.24 bits per heavy atom. The molecule has 0 N–H and O–H groups in total. The van der Waals surface area contributed by atoms with Crippen molar-refractivity contribution < 1.29 is 0 Å². The van der Waals surface area contributed by atoms with Gasteiger partial charge in [0.1, 0.15) is 0 Å². The summed E-state index contributed by atoms with van der Waals surface area (Å²) in [6.07, 6.45) is 0. The van der Waals surface area contributed by atoms with Gasteiger partial charge in [0.25, 0.3) is 5.56 Å². The second-order valence-corrected chi connectivity index (χ2v) is 5.13. The highest BCUT2D eigenvalue weighted by atomic mass is 32.1. The maximum absolute atomic E-state index is 11.7. The van der Waals surface area contributed by atoms with Crippen LogP contribution in [0.15, 0.2) is 10.9 Å². The summed E-state index contributed by atoms with van der Waals surface area (Å²) in [4.78, 5) is 18.9. The highest BCUT2D eigenvalue weighted by Crippen LogP contribution is 2.22. The van der Waals surface area contributed by atoms with E-state index in [1.54, 1.807) is 0 Å².